The molecule has 2 N–H and O–H groups in total. The summed E-state index contributed by atoms with van der Waals surface area (Å²) >= 11 is 1.61. The minimum atomic E-state index is -0.312. The molecule has 1 aliphatic rings. The third-order valence-corrected chi connectivity index (χ3v) is 6.85. The number of imidazole rings is 1. The van der Waals surface area contributed by atoms with E-state index in [-0.39, 0.29) is 30.1 Å². The maximum absolute atomic E-state index is 14.1. The van der Waals surface area contributed by atoms with E-state index in [9.17, 15) is 14.3 Å². The molecule has 2 aromatic carbocycles. The van der Waals surface area contributed by atoms with Gasteiger partial charge in [-0.25, -0.2) is 13.9 Å². The Morgan fingerprint density at radius 1 is 1.24 bits per heavy atom. The molecule has 0 bridgehead atoms. The fraction of sp³-hybridized carbons (Fsp3) is 0.240. The number of hydrogen-bond donors (Lipinski definition) is 2. The summed E-state index contributed by atoms with van der Waals surface area (Å²) in [5.74, 6) is 0.305. The highest BCUT2D eigenvalue weighted by Crippen LogP contribution is 2.39. The van der Waals surface area contributed by atoms with Crippen LogP contribution in [0.4, 0.5) is 10.2 Å². The van der Waals surface area contributed by atoms with Crippen molar-refractivity contribution in [1.82, 2.24) is 19.9 Å². The lowest BCUT2D eigenvalue weighted by Gasteiger charge is -2.27. The molecule has 2 aromatic heterocycles. The fourth-order valence-corrected chi connectivity index (χ4v) is 5.08. The normalized spacial score (nSPS) is 15.7. The Labute approximate surface area is 200 Å². The summed E-state index contributed by atoms with van der Waals surface area (Å²) in [7, 11) is 0. The molecular weight excluding hydrogens is 453 g/mol. The lowest BCUT2D eigenvalue weighted by Crippen LogP contribution is -2.27. The van der Waals surface area contributed by atoms with Crippen LogP contribution in [0.15, 0.2) is 65.7 Å². The number of halogens is 1. The largest absolute Gasteiger partial charge is 0.508 e. The van der Waals surface area contributed by atoms with Crippen LogP contribution in [-0.4, -0.2) is 38.4 Å². The van der Waals surface area contributed by atoms with Crippen molar-refractivity contribution in [2.24, 2.45) is 0 Å². The molecule has 9 heteroatoms. The minimum Gasteiger partial charge on any atom is -0.508 e. The molecule has 4 aromatic rings. The molecule has 0 aliphatic carbocycles. The summed E-state index contributed by atoms with van der Waals surface area (Å²) in [6.07, 6.45) is 5.37. The first-order valence-electron chi connectivity index (χ1n) is 11.0. The lowest BCUT2D eigenvalue weighted by molar-refractivity contribution is 0.0944. The van der Waals surface area contributed by atoms with Crippen LogP contribution >= 0.6 is 11.8 Å². The highest BCUT2D eigenvalue weighted by molar-refractivity contribution is 7.98. The van der Waals surface area contributed by atoms with Gasteiger partial charge in [-0.15, -0.1) is 16.9 Å². The first-order chi connectivity index (χ1) is 16.5. The van der Waals surface area contributed by atoms with Crippen LogP contribution in [0.5, 0.6) is 5.75 Å². The number of aromatic nitrogens is 3. The summed E-state index contributed by atoms with van der Waals surface area (Å²) in [5, 5.41) is 17.2. The van der Waals surface area contributed by atoms with Crippen molar-refractivity contribution >= 4 is 29.1 Å². The topological polar surface area (TPSA) is 82.8 Å². The zero-order chi connectivity index (χ0) is 23.7. The fourth-order valence-electron chi connectivity index (χ4n) is 4.44. The van der Waals surface area contributed by atoms with Crippen molar-refractivity contribution in [1.29, 1.82) is 0 Å². The number of rotatable bonds is 6. The monoisotopic (exact) mass is 477 g/mol. The molecule has 7 nitrogen and oxygen atoms in total. The van der Waals surface area contributed by atoms with Gasteiger partial charge in [-0.1, -0.05) is 12.1 Å². The number of amides is 1. The quantitative estimate of drug-likeness (QED) is 0.396. The van der Waals surface area contributed by atoms with E-state index in [0.29, 0.717) is 17.2 Å². The van der Waals surface area contributed by atoms with E-state index < -0.39 is 0 Å². The van der Waals surface area contributed by atoms with Gasteiger partial charge < -0.3 is 15.3 Å². The Morgan fingerprint density at radius 2 is 2.12 bits per heavy atom. The SMILES string of the molecule is CSc1ccc(F)cc1[C@H]1CCCN1c1ccc2ncc(C(=O)NCc3cccc(O)c3)n2n1. The van der Waals surface area contributed by atoms with Gasteiger partial charge in [-0.2, -0.15) is 0 Å². The van der Waals surface area contributed by atoms with Crippen molar-refractivity contribution in [3.8, 4) is 5.75 Å². The average molecular weight is 478 g/mol. The zero-order valence-electron chi connectivity index (χ0n) is 18.6. The molecule has 34 heavy (non-hydrogen) atoms. The van der Waals surface area contributed by atoms with E-state index in [2.05, 4.69) is 15.2 Å². The number of thioether (sulfide) groups is 1. The van der Waals surface area contributed by atoms with Gasteiger partial charge >= 0.3 is 0 Å². The van der Waals surface area contributed by atoms with Crippen LogP contribution in [-0.2, 0) is 6.54 Å². The van der Waals surface area contributed by atoms with Crippen LogP contribution < -0.4 is 10.2 Å². The second kappa shape index (κ2) is 9.34. The molecule has 1 atom stereocenters. The molecule has 0 saturated carbocycles. The third kappa shape index (κ3) is 4.31. The predicted octanol–water partition coefficient (Wildman–Crippen LogP) is 4.57. The van der Waals surface area contributed by atoms with Crippen LogP contribution in [0.2, 0.25) is 0 Å². The molecule has 5 rings (SSSR count). The summed E-state index contributed by atoms with van der Waals surface area (Å²) < 4.78 is 15.6. The second-order valence-electron chi connectivity index (χ2n) is 8.20. The molecule has 1 amide bonds. The van der Waals surface area contributed by atoms with E-state index in [4.69, 9.17) is 5.10 Å². The number of aromatic hydroxyl groups is 1. The summed E-state index contributed by atoms with van der Waals surface area (Å²) in [6.45, 7) is 1.06. The average Bonchev–Trinajstić information content (AvgIpc) is 3.49. The van der Waals surface area contributed by atoms with E-state index in [1.54, 1.807) is 40.5 Å². The number of nitrogens with one attached hydrogen (secondary N) is 1. The molecule has 1 saturated heterocycles. The van der Waals surface area contributed by atoms with Crippen molar-refractivity contribution in [2.75, 3.05) is 17.7 Å². The van der Waals surface area contributed by atoms with Crippen LogP contribution in [0.3, 0.4) is 0 Å². The van der Waals surface area contributed by atoms with Crippen molar-refractivity contribution in [3.05, 3.63) is 83.4 Å². The van der Waals surface area contributed by atoms with Crippen molar-refractivity contribution in [2.45, 2.75) is 30.3 Å². The minimum absolute atomic E-state index is 0.00894. The molecule has 1 aliphatic heterocycles. The number of nitrogens with zero attached hydrogens (tertiary/aromatic N) is 4. The molecule has 0 spiro atoms. The molecule has 0 radical (unpaired) electrons. The summed E-state index contributed by atoms with van der Waals surface area (Å²) in [5.41, 5.74) is 2.64. The van der Waals surface area contributed by atoms with Gasteiger partial charge in [-0.05, 0) is 72.7 Å². The Kier molecular flexibility index (Phi) is 6.10. The molecule has 1 fully saturated rings. The maximum Gasteiger partial charge on any atom is 0.271 e. The molecule has 174 valence electrons. The van der Waals surface area contributed by atoms with Crippen LogP contribution in [0.25, 0.3) is 5.65 Å². The summed E-state index contributed by atoms with van der Waals surface area (Å²) in [6, 6.07) is 15.4. The first kappa shape index (κ1) is 22.2. The van der Waals surface area contributed by atoms with E-state index >= 15 is 0 Å². The van der Waals surface area contributed by atoms with Gasteiger partial charge in [0, 0.05) is 18.0 Å². The highest BCUT2D eigenvalue weighted by atomic mass is 32.2. The Bertz CT molecular complexity index is 1360. The second-order valence-corrected chi connectivity index (χ2v) is 9.04. The number of phenols is 1. The number of carbonyl (C=O) groups excluding carboxylic acids is 1. The predicted molar refractivity (Wildman–Crippen MR) is 130 cm³/mol. The van der Waals surface area contributed by atoms with Gasteiger partial charge in [0.15, 0.2) is 11.3 Å². The van der Waals surface area contributed by atoms with Gasteiger partial charge in [0.25, 0.3) is 5.91 Å². The Hall–Kier alpha value is -3.59. The standard InChI is InChI=1S/C25H24FN5O2S/c1-34-22-8-7-17(26)13-19(22)20-6-3-11-30(20)24-10-9-23-27-15-21(31(23)29-24)25(33)28-14-16-4-2-5-18(32)12-16/h2,4-5,7-10,12-13,15,20,32H,3,6,11,14H2,1H3,(H,28,33)/t20-/m1/s1. The molecule has 3 heterocycles. The number of benzene rings is 2. The zero-order valence-corrected chi connectivity index (χ0v) is 19.4. The van der Waals surface area contributed by atoms with Crippen molar-refractivity contribution < 1.29 is 14.3 Å². The lowest BCUT2D eigenvalue weighted by atomic mass is 10.0. The van der Waals surface area contributed by atoms with E-state index in [1.165, 1.54) is 12.3 Å². The number of phenolic OH excluding ortho intramolecular Hbond substituents is 1. The number of hydrogen-bond acceptors (Lipinski definition) is 6. The summed E-state index contributed by atoms with van der Waals surface area (Å²) in [4.78, 5) is 20.4. The molecular formula is C25H24FN5O2S. The smallest absolute Gasteiger partial charge is 0.271 e. The third-order valence-electron chi connectivity index (χ3n) is 6.04. The highest BCUT2D eigenvalue weighted by Gasteiger charge is 2.30. The van der Waals surface area contributed by atoms with Crippen molar-refractivity contribution in [3.63, 3.8) is 0 Å². The van der Waals surface area contributed by atoms with E-state index in [1.807, 2.05) is 30.5 Å². The van der Waals surface area contributed by atoms with Crippen LogP contribution in [0.1, 0.15) is 40.5 Å². The van der Waals surface area contributed by atoms with E-state index in [0.717, 1.165) is 35.4 Å². The van der Waals surface area contributed by atoms with Gasteiger partial charge in [0.1, 0.15) is 17.4 Å². The van der Waals surface area contributed by atoms with Crippen LogP contribution in [0, 0.1) is 5.82 Å². The number of anilines is 1. The Morgan fingerprint density at radius 3 is 2.94 bits per heavy atom. The first-order valence-corrected chi connectivity index (χ1v) is 12.3. The van der Waals surface area contributed by atoms with Gasteiger partial charge in [0.05, 0.1) is 12.2 Å². The number of carbonyl (C=O) groups is 1. The molecule has 0 unspecified atom stereocenters. The van der Waals surface area contributed by atoms with Gasteiger partial charge in [-0.3, -0.25) is 4.79 Å². The number of fused-ring (bicyclic) bond motifs is 1. The van der Waals surface area contributed by atoms with Gasteiger partial charge in [0.2, 0.25) is 0 Å². The Balaban J connectivity index is 1.42. The maximum atomic E-state index is 14.1.